The number of benzene rings is 4. The van der Waals surface area contributed by atoms with E-state index in [0.29, 0.717) is 60.6 Å². The van der Waals surface area contributed by atoms with E-state index in [1.54, 1.807) is 24.3 Å². The fourth-order valence-electron chi connectivity index (χ4n) is 6.55. The Bertz CT molecular complexity index is 2010. The lowest BCUT2D eigenvalue weighted by molar-refractivity contribution is -0.913. The molecule has 4 aromatic carbocycles. The smallest absolute Gasteiger partial charge is 0.265 e. The molecule has 1 saturated heterocycles. The van der Waals surface area contributed by atoms with Crippen molar-refractivity contribution in [3.05, 3.63) is 114 Å². The Hall–Kier alpha value is -4.23. The minimum Gasteiger partial charge on any atom is -0.497 e. The lowest BCUT2D eigenvalue weighted by Crippen LogP contribution is -2.58. The van der Waals surface area contributed by atoms with Crippen LogP contribution in [0.15, 0.2) is 107 Å². The van der Waals surface area contributed by atoms with Crippen molar-refractivity contribution in [2.75, 3.05) is 52.6 Å². The average molecular weight is 736 g/mol. The van der Waals surface area contributed by atoms with Crippen LogP contribution in [0.3, 0.4) is 0 Å². The van der Waals surface area contributed by atoms with Gasteiger partial charge in [-0.15, -0.1) is 0 Å². The predicted octanol–water partition coefficient (Wildman–Crippen LogP) is 6.28. The van der Waals surface area contributed by atoms with Gasteiger partial charge in [0.25, 0.3) is 10.1 Å². The van der Waals surface area contributed by atoms with E-state index in [-0.39, 0.29) is 21.5 Å². The highest BCUT2D eigenvalue weighted by atomic mass is 32.2. The van der Waals surface area contributed by atoms with Crippen molar-refractivity contribution in [2.24, 2.45) is 0 Å². The zero-order valence-corrected chi connectivity index (χ0v) is 31.3. The second-order valence-corrected chi connectivity index (χ2v) is 17.3. The Morgan fingerprint density at radius 2 is 1.25 bits per heavy atom. The van der Waals surface area contributed by atoms with E-state index in [9.17, 15) is 21.6 Å². The molecule has 0 radical (unpaired) electrons. The quantitative estimate of drug-likeness (QED) is 0.119. The number of piperazine rings is 1. The highest BCUT2D eigenvalue weighted by molar-refractivity contribution is 7.91. The van der Waals surface area contributed by atoms with Crippen LogP contribution < -0.4 is 9.47 Å². The van der Waals surface area contributed by atoms with Crippen molar-refractivity contribution in [1.82, 2.24) is 4.90 Å². The molecule has 51 heavy (non-hydrogen) atoms. The van der Waals surface area contributed by atoms with Gasteiger partial charge in [-0.3, -0.25) is 9.35 Å². The molecule has 4 aromatic rings. The van der Waals surface area contributed by atoms with E-state index in [0.717, 1.165) is 29.8 Å². The van der Waals surface area contributed by atoms with E-state index in [1.165, 1.54) is 31.4 Å². The van der Waals surface area contributed by atoms with Gasteiger partial charge in [-0.1, -0.05) is 48.9 Å². The predicted molar refractivity (Wildman–Crippen MR) is 197 cm³/mol. The number of likely N-dealkylation sites (N-methyl/N-ethyl adjacent to an activating group) is 1. The normalized spacial score (nSPS) is 15.9. The van der Waals surface area contributed by atoms with Crippen molar-refractivity contribution >= 4 is 25.9 Å². The lowest BCUT2D eigenvalue weighted by atomic mass is 9.72. The minimum absolute atomic E-state index is 0.0925. The number of nitrogens with zero attached hydrogens (tertiary/aromatic N) is 2. The summed E-state index contributed by atoms with van der Waals surface area (Å²) in [5, 5.41) is 0. The molecule has 0 aliphatic carbocycles. The molecule has 12 heteroatoms. The van der Waals surface area contributed by atoms with Gasteiger partial charge in [0.1, 0.15) is 17.2 Å². The molecule has 0 bridgehead atoms. The maximum atomic E-state index is 13.5. The number of aryl methyl sites for hydroxylation is 1. The van der Waals surface area contributed by atoms with Crippen LogP contribution in [0.5, 0.6) is 17.2 Å². The number of rotatable bonds is 14. The van der Waals surface area contributed by atoms with E-state index >= 15 is 0 Å². The van der Waals surface area contributed by atoms with Crippen molar-refractivity contribution in [2.45, 2.75) is 48.3 Å². The lowest BCUT2D eigenvalue weighted by Gasteiger charge is -2.42. The minimum atomic E-state index is -3.98. The number of carbonyl (C=O) groups is 1. The Morgan fingerprint density at radius 3 is 1.75 bits per heavy atom. The topological polar surface area (TPSA) is 127 Å². The number of amides is 1. The molecule has 1 heterocycles. The van der Waals surface area contributed by atoms with Gasteiger partial charge < -0.3 is 18.9 Å². The Balaban J connectivity index is 1.25. The number of methoxy groups -OCH3 is 1. The second kappa shape index (κ2) is 15.6. The van der Waals surface area contributed by atoms with Gasteiger partial charge in [-0.2, -0.15) is 8.42 Å². The van der Waals surface area contributed by atoms with E-state index in [2.05, 4.69) is 38.2 Å². The first-order valence-electron chi connectivity index (χ1n) is 17.0. The molecular formula is C39H47N2O8S2+. The number of quaternary nitrogens is 1. The number of sulfone groups is 1. The van der Waals surface area contributed by atoms with E-state index in [4.69, 9.17) is 14.0 Å². The molecular weight excluding hydrogens is 689 g/mol. The summed E-state index contributed by atoms with van der Waals surface area (Å²) in [5.74, 6) is 1.51. The Labute approximate surface area is 301 Å². The van der Waals surface area contributed by atoms with Crippen molar-refractivity contribution < 1.29 is 40.1 Å². The largest absolute Gasteiger partial charge is 0.497 e. The third-order valence-corrected chi connectivity index (χ3v) is 12.6. The maximum Gasteiger partial charge on any atom is 0.265 e. The van der Waals surface area contributed by atoms with Gasteiger partial charge in [0.2, 0.25) is 15.7 Å². The fraction of sp³-hybridized carbons (Fsp3) is 0.359. The van der Waals surface area contributed by atoms with Crippen LogP contribution in [0.25, 0.3) is 0 Å². The highest BCUT2D eigenvalue weighted by Crippen LogP contribution is 2.38. The molecule has 1 fully saturated rings. The molecule has 1 aliphatic heterocycles. The molecule has 1 N–H and O–H groups in total. The first-order valence-corrected chi connectivity index (χ1v) is 20.1. The summed E-state index contributed by atoms with van der Waals surface area (Å²) in [4.78, 5) is 15.8. The molecule has 0 aromatic heterocycles. The first-order chi connectivity index (χ1) is 24.1. The van der Waals surface area contributed by atoms with E-state index < -0.39 is 25.4 Å². The van der Waals surface area contributed by atoms with Crippen LogP contribution in [-0.2, 0) is 30.2 Å². The molecule has 1 amide bonds. The summed E-state index contributed by atoms with van der Waals surface area (Å²) in [6.45, 7) is 7.49. The molecule has 1 aliphatic rings. The van der Waals surface area contributed by atoms with Gasteiger partial charge in [-0.25, -0.2) is 8.42 Å². The van der Waals surface area contributed by atoms with Crippen LogP contribution in [0, 0.1) is 6.92 Å². The third kappa shape index (κ3) is 9.56. The fourth-order valence-corrected chi connectivity index (χ4v) is 8.30. The van der Waals surface area contributed by atoms with Crippen molar-refractivity contribution in [3.8, 4) is 17.2 Å². The maximum absolute atomic E-state index is 13.5. The van der Waals surface area contributed by atoms with Gasteiger partial charge in [-0.05, 0) is 85.1 Å². The average Bonchev–Trinajstić information content (AvgIpc) is 3.11. The van der Waals surface area contributed by atoms with Crippen LogP contribution in [0.1, 0.15) is 42.9 Å². The highest BCUT2D eigenvalue weighted by Gasteiger charge is 2.34. The molecule has 10 nitrogen and oxygen atoms in total. The number of hydrogen-bond donors (Lipinski definition) is 1. The molecule has 272 valence electrons. The van der Waals surface area contributed by atoms with Crippen LogP contribution in [-0.4, -0.2) is 89.3 Å². The summed E-state index contributed by atoms with van der Waals surface area (Å²) in [7, 11) is -4.09. The van der Waals surface area contributed by atoms with Crippen molar-refractivity contribution in [3.63, 3.8) is 0 Å². The van der Waals surface area contributed by atoms with Gasteiger partial charge >= 0.3 is 0 Å². The number of hydrogen-bond acceptors (Lipinski definition) is 7. The SMILES string of the molecule is COc1ccc(S(=O)(=O)c2ccc(Oc3ccc(C(C)(CCC(=O)N4CC[N+](C)(CCCS(=O)(=O)O)CC4)c4ccc(C)cc4)cc3)cc2)cc1. The molecule has 5 rings (SSSR count). The first kappa shape index (κ1) is 38.0. The molecule has 1 unspecified atom stereocenters. The molecule has 0 spiro atoms. The summed E-state index contributed by atoms with van der Waals surface area (Å²) in [5.41, 5.74) is 2.82. The van der Waals surface area contributed by atoms with Crippen LogP contribution >= 0.6 is 0 Å². The van der Waals surface area contributed by atoms with E-state index in [1.807, 2.05) is 36.1 Å². The van der Waals surface area contributed by atoms with Crippen LogP contribution in [0.2, 0.25) is 0 Å². The summed E-state index contributed by atoms with van der Waals surface area (Å²) >= 11 is 0. The van der Waals surface area contributed by atoms with Crippen LogP contribution in [0.4, 0.5) is 0 Å². The van der Waals surface area contributed by atoms with Gasteiger partial charge in [0.15, 0.2) is 0 Å². The van der Waals surface area contributed by atoms with Gasteiger partial charge in [0, 0.05) is 18.3 Å². The Kier molecular flexibility index (Phi) is 11.6. The summed E-state index contributed by atoms with van der Waals surface area (Å²) in [6.07, 6.45) is 1.33. The third-order valence-electron chi connectivity index (χ3n) is 10.0. The second-order valence-electron chi connectivity index (χ2n) is 13.8. The number of ether oxygens (including phenoxy) is 2. The standard InChI is InChI=1S/C39H46N2O8S2/c1-30-6-8-31(9-7-30)39(2,23-22-38(42)40-24-27-41(3,28-25-40)26-5-29-50(43,44)45)32-10-12-34(13-11-32)49-35-16-20-37(21-17-35)51(46,47)36-18-14-33(48-4)15-19-36/h6-21H,5,22-29H2,1-4H3/p+1. The zero-order chi connectivity index (χ0) is 36.9. The molecule has 0 saturated carbocycles. The molecule has 1 atom stereocenters. The van der Waals surface area contributed by atoms with Gasteiger partial charge in [0.05, 0.1) is 62.4 Å². The number of carbonyl (C=O) groups excluding carboxylic acids is 1. The Morgan fingerprint density at radius 1 is 0.784 bits per heavy atom. The monoisotopic (exact) mass is 735 g/mol. The van der Waals surface area contributed by atoms with Crippen molar-refractivity contribution in [1.29, 1.82) is 0 Å². The summed E-state index contributed by atoms with van der Waals surface area (Å²) < 4.78 is 69.5. The summed E-state index contributed by atoms with van der Waals surface area (Å²) in [6, 6.07) is 28.8. The zero-order valence-electron chi connectivity index (χ0n) is 29.6.